The Morgan fingerprint density at radius 1 is 1.12 bits per heavy atom. The zero-order valence-electron chi connectivity index (χ0n) is 15.1. The largest absolute Gasteiger partial charge is 0.322 e. The number of hydrogen-bond donors (Lipinski definition) is 1. The average molecular weight is 368 g/mol. The zero-order valence-corrected chi connectivity index (χ0v) is 15.9. The van der Waals surface area contributed by atoms with Gasteiger partial charge < -0.3 is 5.32 Å². The fourth-order valence-electron chi connectivity index (χ4n) is 2.46. The van der Waals surface area contributed by atoms with Crippen molar-refractivity contribution in [2.24, 2.45) is 0 Å². The van der Waals surface area contributed by atoms with Crippen LogP contribution in [0.5, 0.6) is 0 Å². The number of anilines is 1. The molecule has 1 aromatic carbocycles. The standard InChI is InChI=1S/C18H20N6OS/c1-11(2)16-21-12(3)15(18(23-16)26-4)17(25)22-13-5-7-14(8-6-13)24-19-9-10-20-24/h5-11H,1-4H3,(H,22,25). The number of amides is 1. The Labute approximate surface area is 156 Å². The molecule has 1 amide bonds. The molecule has 0 unspecified atom stereocenters. The average Bonchev–Trinajstić information content (AvgIpc) is 3.16. The monoisotopic (exact) mass is 368 g/mol. The first-order chi connectivity index (χ1) is 12.5. The van der Waals surface area contributed by atoms with Crippen LogP contribution >= 0.6 is 11.8 Å². The molecule has 0 aliphatic carbocycles. The number of aromatic nitrogens is 5. The van der Waals surface area contributed by atoms with Crippen LogP contribution in [0.4, 0.5) is 5.69 Å². The van der Waals surface area contributed by atoms with Gasteiger partial charge in [-0.05, 0) is 37.4 Å². The third kappa shape index (κ3) is 3.75. The van der Waals surface area contributed by atoms with Gasteiger partial charge in [-0.1, -0.05) is 13.8 Å². The van der Waals surface area contributed by atoms with E-state index in [9.17, 15) is 4.79 Å². The number of benzene rings is 1. The smallest absolute Gasteiger partial charge is 0.260 e. The molecule has 26 heavy (non-hydrogen) atoms. The Balaban J connectivity index is 1.84. The van der Waals surface area contributed by atoms with Gasteiger partial charge in [0.1, 0.15) is 10.9 Å². The molecule has 0 bridgehead atoms. The number of hydrogen-bond acceptors (Lipinski definition) is 6. The Morgan fingerprint density at radius 3 is 2.35 bits per heavy atom. The second-order valence-corrected chi connectivity index (χ2v) is 6.82. The lowest BCUT2D eigenvalue weighted by Crippen LogP contribution is -2.18. The molecule has 3 rings (SSSR count). The maximum atomic E-state index is 12.8. The zero-order chi connectivity index (χ0) is 18.7. The Hall–Kier alpha value is -2.74. The third-order valence-corrected chi connectivity index (χ3v) is 4.47. The number of carbonyl (C=O) groups is 1. The van der Waals surface area contributed by atoms with Crippen LogP contribution in [0.2, 0.25) is 0 Å². The van der Waals surface area contributed by atoms with Crippen LogP contribution in [-0.4, -0.2) is 37.1 Å². The quantitative estimate of drug-likeness (QED) is 0.548. The van der Waals surface area contributed by atoms with Crippen LogP contribution in [0, 0.1) is 6.92 Å². The topological polar surface area (TPSA) is 85.6 Å². The van der Waals surface area contributed by atoms with Crippen LogP contribution in [-0.2, 0) is 0 Å². The van der Waals surface area contributed by atoms with Gasteiger partial charge in [-0.15, -0.1) is 11.8 Å². The number of nitrogens with one attached hydrogen (secondary N) is 1. The summed E-state index contributed by atoms with van der Waals surface area (Å²) >= 11 is 1.45. The molecule has 1 N–H and O–H groups in total. The number of carbonyl (C=O) groups excluding carboxylic acids is 1. The molecular formula is C18H20N6OS. The number of rotatable bonds is 5. The molecule has 8 heteroatoms. The first-order valence-corrected chi connectivity index (χ1v) is 9.42. The summed E-state index contributed by atoms with van der Waals surface area (Å²) in [6.45, 7) is 5.91. The summed E-state index contributed by atoms with van der Waals surface area (Å²) < 4.78 is 0. The van der Waals surface area contributed by atoms with Crippen molar-refractivity contribution in [3.8, 4) is 5.69 Å². The summed E-state index contributed by atoms with van der Waals surface area (Å²) in [6.07, 6.45) is 5.14. The highest BCUT2D eigenvalue weighted by Gasteiger charge is 2.19. The maximum absolute atomic E-state index is 12.8. The molecular weight excluding hydrogens is 348 g/mol. The lowest BCUT2D eigenvalue weighted by Gasteiger charge is -2.13. The summed E-state index contributed by atoms with van der Waals surface area (Å²) in [5, 5.41) is 11.8. The molecule has 2 heterocycles. The van der Waals surface area contributed by atoms with Crippen LogP contribution in [0.3, 0.4) is 0 Å². The number of aryl methyl sites for hydroxylation is 1. The van der Waals surface area contributed by atoms with Gasteiger partial charge >= 0.3 is 0 Å². The van der Waals surface area contributed by atoms with E-state index in [4.69, 9.17) is 0 Å². The fourth-order valence-corrected chi connectivity index (χ4v) is 3.08. The molecule has 0 radical (unpaired) electrons. The van der Waals surface area contributed by atoms with Crippen LogP contribution in [0.15, 0.2) is 41.7 Å². The number of nitrogens with zero attached hydrogens (tertiary/aromatic N) is 5. The third-order valence-electron chi connectivity index (χ3n) is 3.79. The Bertz CT molecular complexity index is 906. The molecule has 0 aliphatic heterocycles. The molecule has 0 fully saturated rings. The molecule has 2 aromatic heterocycles. The predicted octanol–water partition coefficient (Wildman–Crippen LogP) is 3.46. The second kappa shape index (κ2) is 7.65. The SMILES string of the molecule is CSc1nc(C(C)C)nc(C)c1C(=O)Nc1ccc(-n2nccn2)cc1. The van der Waals surface area contributed by atoms with Gasteiger partial charge in [-0.25, -0.2) is 9.97 Å². The van der Waals surface area contributed by atoms with E-state index in [0.717, 1.165) is 11.5 Å². The van der Waals surface area contributed by atoms with Gasteiger partial charge in [0.25, 0.3) is 5.91 Å². The van der Waals surface area contributed by atoms with E-state index in [1.807, 2.05) is 51.3 Å². The van der Waals surface area contributed by atoms with Crippen molar-refractivity contribution in [1.82, 2.24) is 25.0 Å². The lowest BCUT2D eigenvalue weighted by atomic mass is 10.1. The molecule has 7 nitrogen and oxygen atoms in total. The van der Waals surface area contributed by atoms with Gasteiger partial charge in [-0.3, -0.25) is 4.79 Å². The van der Waals surface area contributed by atoms with E-state index < -0.39 is 0 Å². The van der Waals surface area contributed by atoms with Crippen LogP contribution in [0.25, 0.3) is 5.69 Å². The predicted molar refractivity (Wildman–Crippen MR) is 102 cm³/mol. The van der Waals surface area contributed by atoms with E-state index in [0.29, 0.717) is 22.0 Å². The minimum Gasteiger partial charge on any atom is -0.322 e. The summed E-state index contributed by atoms with van der Waals surface area (Å²) in [4.78, 5) is 23.3. The first kappa shape index (κ1) is 18.1. The van der Waals surface area contributed by atoms with E-state index in [1.54, 1.807) is 12.4 Å². The summed E-state index contributed by atoms with van der Waals surface area (Å²) in [5.74, 6) is 0.742. The van der Waals surface area contributed by atoms with E-state index in [-0.39, 0.29) is 11.8 Å². The van der Waals surface area contributed by atoms with E-state index in [2.05, 4.69) is 25.5 Å². The first-order valence-electron chi connectivity index (χ1n) is 8.20. The summed E-state index contributed by atoms with van der Waals surface area (Å²) in [6, 6.07) is 7.31. The summed E-state index contributed by atoms with van der Waals surface area (Å²) in [7, 11) is 0. The highest BCUT2D eigenvalue weighted by Crippen LogP contribution is 2.24. The molecule has 0 atom stereocenters. The normalized spacial score (nSPS) is 11.0. The molecule has 0 spiro atoms. The van der Waals surface area contributed by atoms with Gasteiger partial charge in [0.15, 0.2) is 0 Å². The lowest BCUT2D eigenvalue weighted by molar-refractivity contribution is 0.102. The van der Waals surface area contributed by atoms with Crippen molar-refractivity contribution >= 4 is 23.4 Å². The van der Waals surface area contributed by atoms with Crippen molar-refractivity contribution < 1.29 is 4.79 Å². The second-order valence-electron chi connectivity index (χ2n) is 6.03. The van der Waals surface area contributed by atoms with Crippen molar-refractivity contribution in [2.45, 2.75) is 31.7 Å². The van der Waals surface area contributed by atoms with E-state index >= 15 is 0 Å². The van der Waals surface area contributed by atoms with Crippen molar-refractivity contribution in [3.05, 3.63) is 53.7 Å². The Morgan fingerprint density at radius 2 is 1.77 bits per heavy atom. The minimum absolute atomic E-state index is 0.208. The van der Waals surface area contributed by atoms with Gasteiger partial charge in [0.2, 0.25) is 0 Å². The highest BCUT2D eigenvalue weighted by atomic mass is 32.2. The van der Waals surface area contributed by atoms with Crippen LogP contribution < -0.4 is 5.32 Å². The van der Waals surface area contributed by atoms with Crippen molar-refractivity contribution in [2.75, 3.05) is 11.6 Å². The van der Waals surface area contributed by atoms with Gasteiger partial charge in [-0.2, -0.15) is 15.0 Å². The summed E-state index contributed by atoms with van der Waals surface area (Å²) in [5.41, 5.74) is 2.70. The molecule has 0 aliphatic rings. The fraction of sp³-hybridized carbons (Fsp3) is 0.278. The molecule has 3 aromatic rings. The van der Waals surface area contributed by atoms with Gasteiger partial charge in [0.05, 0.1) is 29.3 Å². The van der Waals surface area contributed by atoms with Crippen LogP contribution in [0.1, 0.15) is 41.6 Å². The van der Waals surface area contributed by atoms with Gasteiger partial charge in [0, 0.05) is 11.6 Å². The highest BCUT2D eigenvalue weighted by molar-refractivity contribution is 7.98. The minimum atomic E-state index is -0.216. The van der Waals surface area contributed by atoms with E-state index in [1.165, 1.54) is 16.6 Å². The number of thioether (sulfide) groups is 1. The molecule has 0 saturated heterocycles. The van der Waals surface area contributed by atoms with Crippen molar-refractivity contribution in [1.29, 1.82) is 0 Å². The Kier molecular flexibility index (Phi) is 5.32. The van der Waals surface area contributed by atoms with Crippen molar-refractivity contribution in [3.63, 3.8) is 0 Å². The molecule has 0 saturated carbocycles. The maximum Gasteiger partial charge on any atom is 0.260 e. The molecule has 134 valence electrons.